The molecule has 0 radical (unpaired) electrons. The van der Waals surface area contributed by atoms with Crippen molar-refractivity contribution in [3.05, 3.63) is 48.4 Å². The number of thioether (sulfide) groups is 1. The summed E-state index contributed by atoms with van der Waals surface area (Å²) in [6, 6.07) is 11.0. The molecule has 1 saturated heterocycles. The Morgan fingerprint density at radius 1 is 1.22 bits per heavy atom. The highest BCUT2D eigenvalue weighted by molar-refractivity contribution is 8.04. The number of H-pyrrole nitrogens is 1. The standard InChI is InChI=1S/C19H20FN2O3PS/c20-17-8-18-16(19(9-21-18)27-11-26(24)25)7-15(17)12-1-3-13(4-2-12)22-6-5-14(23)10-22/h1-4,7-9,14,21,23-25H,5-6,10-11H2. The minimum Gasteiger partial charge on any atom is -0.391 e. The lowest BCUT2D eigenvalue weighted by Crippen LogP contribution is -2.20. The van der Waals surface area contributed by atoms with Crippen LogP contribution in [0.4, 0.5) is 10.1 Å². The van der Waals surface area contributed by atoms with Crippen molar-refractivity contribution in [1.29, 1.82) is 0 Å². The van der Waals surface area contributed by atoms with Crippen molar-refractivity contribution in [2.75, 3.05) is 23.5 Å². The molecule has 4 rings (SSSR count). The second-order valence-electron chi connectivity index (χ2n) is 6.61. The number of halogens is 1. The van der Waals surface area contributed by atoms with Gasteiger partial charge in [-0.2, -0.15) is 0 Å². The molecular formula is C19H20FN2O3PS. The lowest BCUT2D eigenvalue weighted by atomic mass is 10.0. The molecule has 0 amide bonds. The van der Waals surface area contributed by atoms with Crippen LogP contribution in [0.1, 0.15) is 6.42 Å². The molecule has 1 fully saturated rings. The van der Waals surface area contributed by atoms with Gasteiger partial charge >= 0.3 is 0 Å². The predicted molar refractivity (Wildman–Crippen MR) is 109 cm³/mol. The average molecular weight is 406 g/mol. The van der Waals surface area contributed by atoms with Crippen molar-refractivity contribution >= 4 is 36.7 Å². The molecule has 3 aromatic rings. The second-order valence-corrected chi connectivity index (χ2v) is 9.12. The summed E-state index contributed by atoms with van der Waals surface area (Å²) in [4.78, 5) is 24.3. The van der Waals surface area contributed by atoms with Crippen LogP contribution in [0.2, 0.25) is 0 Å². The van der Waals surface area contributed by atoms with Crippen LogP contribution in [0.15, 0.2) is 47.5 Å². The summed E-state index contributed by atoms with van der Waals surface area (Å²) in [5.74, 6) is -0.309. The number of anilines is 1. The Morgan fingerprint density at radius 2 is 2.00 bits per heavy atom. The predicted octanol–water partition coefficient (Wildman–Crippen LogP) is 3.89. The summed E-state index contributed by atoms with van der Waals surface area (Å²) in [5.41, 5.74) is 3.20. The molecule has 27 heavy (non-hydrogen) atoms. The lowest BCUT2D eigenvalue weighted by Gasteiger charge is -2.18. The van der Waals surface area contributed by atoms with Gasteiger partial charge in [-0.1, -0.05) is 12.1 Å². The quantitative estimate of drug-likeness (QED) is 0.382. The molecule has 1 aliphatic rings. The fraction of sp³-hybridized carbons (Fsp3) is 0.263. The number of nitrogens with zero attached hydrogens (tertiary/aromatic N) is 1. The van der Waals surface area contributed by atoms with E-state index in [0.29, 0.717) is 17.6 Å². The van der Waals surface area contributed by atoms with Crippen LogP contribution in [-0.4, -0.2) is 44.6 Å². The van der Waals surface area contributed by atoms with Crippen molar-refractivity contribution in [3.8, 4) is 11.1 Å². The van der Waals surface area contributed by atoms with E-state index in [4.69, 9.17) is 9.79 Å². The molecule has 0 bridgehead atoms. The highest BCUT2D eigenvalue weighted by Gasteiger charge is 2.20. The molecule has 1 atom stereocenters. The van der Waals surface area contributed by atoms with E-state index < -0.39 is 8.38 Å². The van der Waals surface area contributed by atoms with Crippen molar-refractivity contribution in [2.45, 2.75) is 17.4 Å². The van der Waals surface area contributed by atoms with Crippen molar-refractivity contribution in [2.24, 2.45) is 0 Å². The molecule has 2 heterocycles. The van der Waals surface area contributed by atoms with Crippen LogP contribution in [0, 0.1) is 5.82 Å². The second kappa shape index (κ2) is 7.78. The first-order chi connectivity index (χ1) is 13.0. The molecule has 0 spiro atoms. The van der Waals surface area contributed by atoms with Gasteiger partial charge in [0.15, 0.2) is 8.38 Å². The van der Waals surface area contributed by atoms with Crippen LogP contribution in [-0.2, 0) is 0 Å². The number of aromatic nitrogens is 1. The van der Waals surface area contributed by atoms with Crippen LogP contribution in [0.5, 0.6) is 0 Å². The number of aliphatic hydroxyl groups is 1. The zero-order valence-electron chi connectivity index (χ0n) is 14.5. The minimum absolute atomic E-state index is 0.214. The zero-order valence-corrected chi connectivity index (χ0v) is 16.2. The van der Waals surface area contributed by atoms with Crippen LogP contribution in [0.25, 0.3) is 22.0 Å². The Hall–Kier alpha value is -1.63. The first kappa shape index (κ1) is 18.7. The number of aliphatic hydroxyl groups excluding tert-OH is 1. The number of aromatic amines is 1. The van der Waals surface area contributed by atoms with E-state index in [1.807, 2.05) is 24.3 Å². The van der Waals surface area contributed by atoms with E-state index in [1.54, 1.807) is 12.3 Å². The van der Waals surface area contributed by atoms with Gasteiger partial charge in [-0.25, -0.2) is 4.39 Å². The Labute approximate surface area is 161 Å². The van der Waals surface area contributed by atoms with E-state index in [9.17, 15) is 9.50 Å². The fourth-order valence-electron chi connectivity index (χ4n) is 3.41. The topological polar surface area (TPSA) is 79.7 Å². The van der Waals surface area contributed by atoms with Crippen molar-refractivity contribution in [1.82, 2.24) is 4.98 Å². The Kier molecular flexibility index (Phi) is 5.39. The number of fused-ring (bicyclic) bond motifs is 1. The van der Waals surface area contributed by atoms with E-state index in [-0.39, 0.29) is 17.4 Å². The van der Waals surface area contributed by atoms with Gasteiger partial charge in [0.05, 0.1) is 11.6 Å². The summed E-state index contributed by atoms with van der Waals surface area (Å²) >= 11 is 1.34. The largest absolute Gasteiger partial charge is 0.391 e. The van der Waals surface area contributed by atoms with Crippen LogP contribution in [0.3, 0.4) is 0 Å². The van der Waals surface area contributed by atoms with Gasteiger partial charge in [-0.3, -0.25) is 0 Å². The SMILES string of the molecule is OC1CCN(c2ccc(-c3cc4c(SCP(O)O)c[nH]c4cc3F)cc2)C1. The lowest BCUT2D eigenvalue weighted by molar-refractivity contribution is 0.198. The van der Waals surface area contributed by atoms with Crippen molar-refractivity contribution in [3.63, 3.8) is 0 Å². The van der Waals surface area contributed by atoms with E-state index in [1.165, 1.54) is 17.8 Å². The third kappa shape index (κ3) is 3.98. The molecule has 4 N–H and O–H groups in total. The maximum absolute atomic E-state index is 14.6. The normalized spacial score (nSPS) is 17.4. The van der Waals surface area contributed by atoms with Gasteiger partial charge < -0.3 is 24.8 Å². The third-order valence-electron chi connectivity index (χ3n) is 4.77. The number of rotatable bonds is 5. The number of nitrogens with one attached hydrogen (secondary N) is 1. The van der Waals surface area contributed by atoms with Gasteiger partial charge in [-0.05, 0) is 36.2 Å². The molecule has 8 heteroatoms. The summed E-state index contributed by atoms with van der Waals surface area (Å²) in [7, 11) is -1.98. The average Bonchev–Trinajstić information content (AvgIpc) is 3.25. The fourth-order valence-corrected chi connectivity index (χ4v) is 4.90. The van der Waals surface area contributed by atoms with E-state index in [0.717, 1.165) is 34.5 Å². The summed E-state index contributed by atoms with van der Waals surface area (Å²) in [6.07, 6.45) is 2.25. The molecule has 142 valence electrons. The van der Waals surface area contributed by atoms with Crippen LogP contribution >= 0.6 is 20.1 Å². The number of hydrogen-bond acceptors (Lipinski definition) is 5. The Bertz CT molecular complexity index is 948. The summed E-state index contributed by atoms with van der Waals surface area (Å²) in [6.45, 7) is 1.45. The molecular weight excluding hydrogens is 386 g/mol. The maximum Gasteiger partial charge on any atom is 0.175 e. The number of benzene rings is 2. The first-order valence-electron chi connectivity index (χ1n) is 8.63. The molecule has 5 nitrogen and oxygen atoms in total. The van der Waals surface area contributed by atoms with E-state index >= 15 is 0 Å². The van der Waals surface area contributed by atoms with Crippen LogP contribution < -0.4 is 4.90 Å². The Balaban J connectivity index is 1.64. The van der Waals surface area contributed by atoms with Gasteiger partial charge in [-0.15, -0.1) is 11.8 Å². The Morgan fingerprint density at radius 3 is 2.67 bits per heavy atom. The smallest absolute Gasteiger partial charge is 0.175 e. The molecule has 1 unspecified atom stereocenters. The zero-order chi connectivity index (χ0) is 19.0. The van der Waals surface area contributed by atoms with Gasteiger partial charge in [0, 0.05) is 46.3 Å². The number of β-amino-alcohol motifs (C(OH)–C–C–N with tert-alkyl or cyclic N) is 1. The third-order valence-corrected chi connectivity index (χ3v) is 6.86. The van der Waals surface area contributed by atoms with E-state index in [2.05, 4.69) is 9.88 Å². The molecule has 2 aromatic carbocycles. The summed E-state index contributed by atoms with van der Waals surface area (Å²) in [5, 5.41) is 10.5. The molecule has 1 aromatic heterocycles. The monoisotopic (exact) mass is 406 g/mol. The highest BCUT2D eigenvalue weighted by atomic mass is 32.2. The molecule has 0 saturated carbocycles. The molecule has 1 aliphatic heterocycles. The maximum atomic E-state index is 14.6. The van der Waals surface area contributed by atoms with Gasteiger partial charge in [0.25, 0.3) is 0 Å². The summed E-state index contributed by atoms with van der Waals surface area (Å²) < 4.78 is 14.6. The minimum atomic E-state index is -1.98. The van der Waals surface area contributed by atoms with Gasteiger partial charge in [0.2, 0.25) is 0 Å². The highest BCUT2D eigenvalue weighted by Crippen LogP contribution is 2.38. The van der Waals surface area contributed by atoms with Crippen molar-refractivity contribution < 1.29 is 19.3 Å². The first-order valence-corrected chi connectivity index (χ1v) is 11.1. The number of hydrogen-bond donors (Lipinski definition) is 4. The molecule has 0 aliphatic carbocycles. The van der Waals surface area contributed by atoms with Gasteiger partial charge in [0.1, 0.15) is 5.82 Å².